The van der Waals surface area contributed by atoms with Crippen LogP contribution in [-0.4, -0.2) is 63.3 Å². The number of carbonyl (C=O) groups is 1. The van der Waals surface area contributed by atoms with Gasteiger partial charge in [-0.2, -0.15) is 57.1 Å². The van der Waals surface area contributed by atoms with E-state index in [0.29, 0.717) is 6.08 Å². The second-order valence-corrected chi connectivity index (χ2v) is 7.27. The van der Waals surface area contributed by atoms with Gasteiger partial charge in [-0.05, 0) is 23.8 Å². The van der Waals surface area contributed by atoms with Crippen molar-refractivity contribution in [3.8, 4) is 17.2 Å². The Morgan fingerprint density at radius 2 is 1.18 bits per heavy atom. The highest BCUT2D eigenvalue weighted by molar-refractivity contribution is 5.87. The molecule has 0 heterocycles. The van der Waals surface area contributed by atoms with Crippen LogP contribution in [0.3, 0.4) is 0 Å². The maximum Gasteiger partial charge on any atom is 0.473 e. The Bertz CT molecular complexity index is 994. The van der Waals surface area contributed by atoms with Crippen LogP contribution in [0.2, 0.25) is 0 Å². The molecule has 38 heavy (non-hydrogen) atoms. The van der Waals surface area contributed by atoms with Crippen LogP contribution in [0.1, 0.15) is 18.4 Å². The fourth-order valence-corrected chi connectivity index (χ4v) is 2.65. The molecule has 0 amide bonds. The number of halogens is 13. The molecule has 0 aliphatic carbocycles. The molecule has 1 aromatic carbocycles. The van der Waals surface area contributed by atoms with Gasteiger partial charge in [0.2, 0.25) is 5.75 Å². The lowest BCUT2D eigenvalue weighted by molar-refractivity contribution is -0.437. The van der Waals surface area contributed by atoms with Gasteiger partial charge >= 0.3 is 41.9 Å². The van der Waals surface area contributed by atoms with E-state index in [9.17, 15) is 61.9 Å². The first kappa shape index (κ1) is 32.9. The Hall–Kier alpha value is -3.08. The number of hydrogen-bond donors (Lipinski definition) is 0. The summed E-state index contributed by atoms with van der Waals surface area (Å²) in [6, 6.07) is 2.16. The van der Waals surface area contributed by atoms with Crippen LogP contribution >= 0.6 is 0 Å². The molecule has 218 valence electrons. The lowest BCUT2D eigenvalue weighted by Crippen LogP contribution is -2.68. The summed E-state index contributed by atoms with van der Waals surface area (Å²) in [4.78, 5) is 11.6. The molecule has 18 heteroatoms. The molecular weight excluding hydrogens is 567 g/mol. The lowest BCUT2D eigenvalue weighted by atomic mass is 9.95. The molecule has 0 N–H and O–H groups in total. The van der Waals surface area contributed by atoms with Crippen molar-refractivity contribution in [3.63, 3.8) is 0 Å². The first-order valence-corrected chi connectivity index (χ1v) is 9.68. The molecule has 0 fully saturated rings. The quantitative estimate of drug-likeness (QED) is 0.155. The number of benzene rings is 1. The first-order chi connectivity index (χ1) is 17.0. The summed E-state index contributed by atoms with van der Waals surface area (Å²) >= 11 is 0. The van der Waals surface area contributed by atoms with Crippen LogP contribution in [0.4, 0.5) is 57.1 Å². The van der Waals surface area contributed by atoms with Gasteiger partial charge in [-0.3, -0.25) is 0 Å². The standard InChI is InChI=1S/C20H17F13O5/c1-35-11-8-10(9-12(36-2)14(11)37-3)4-5-13(34)38-20(32,33)19(30,31)18(28,29)17(26,27)15(21,22)6-7-16(23,24)25/h4-5,8-9H,6-7H2,1-3H3. The van der Waals surface area contributed by atoms with Gasteiger partial charge in [-0.25, -0.2) is 4.79 Å². The maximum atomic E-state index is 13.8. The van der Waals surface area contributed by atoms with Crippen LogP contribution < -0.4 is 14.2 Å². The van der Waals surface area contributed by atoms with Crippen molar-refractivity contribution < 1.29 is 80.8 Å². The SMILES string of the molecule is COc1cc(C=CC(=O)OC(F)(F)C(F)(F)C(F)(F)C(F)(F)C(F)(F)CCC(F)(F)F)cc(OC)c1OC. The number of alkyl halides is 13. The van der Waals surface area contributed by atoms with E-state index in [1.807, 2.05) is 0 Å². The van der Waals surface area contributed by atoms with Gasteiger partial charge in [0.15, 0.2) is 11.5 Å². The summed E-state index contributed by atoms with van der Waals surface area (Å²) in [7, 11) is 3.48. The summed E-state index contributed by atoms with van der Waals surface area (Å²) in [5.41, 5.74) is -0.146. The Kier molecular flexibility index (Phi) is 9.50. The third kappa shape index (κ3) is 6.48. The van der Waals surface area contributed by atoms with Gasteiger partial charge in [0, 0.05) is 18.9 Å². The van der Waals surface area contributed by atoms with Gasteiger partial charge in [-0.1, -0.05) is 0 Å². The fraction of sp³-hybridized carbons (Fsp3) is 0.550. The van der Waals surface area contributed by atoms with E-state index in [0.717, 1.165) is 26.4 Å². The highest BCUT2D eigenvalue weighted by Gasteiger charge is 2.87. The van der Waals surface area contributed by atoms with Gasteiger partial charge in [0.1, 0.15) is 0 Å². The van der Waals surface area contributed by atoms with E-state index in [-0.39, 0.29) is 28.9 Å². The van der Waals surface area contributed by atoms with Gasteiger partial charge in [0.25, 0.3) is 0 Å². The Morgan fingerprint density at radius 1 is 0.711 bits per heavy atom. The van der Waals surface area contributed by atoms with Crippen molar-refractivity contribution >= 4 is 12.0 Å². The van der Waals surface area contributed by atoms with Crippen molar-refractivity contribution in [1.82, 2.24) is 0 Å². The van der Waals surface area contributed by atoms with Crippen LogP contribution in [0.15, 0.2) is 18.2 Å². The summed E-state index contributed by atoms with van der Waals surface area (Å²) in [6.07, 6.45) is -17.9. The van der Waals surface area contributed by atoms with Crippen molar-refractivity contribution in [1.29, 1.82) is 0 Å². The van der Waals surface area contributed by atoms with E-state index in [1.165, 1.54) is 7.11 Å². The minimum absolute atomic E-state index is 0.0103. The largest absolute Gasteiger partial charge is 0.493 e. The molecular formula is C20H17F13O5. The van der Waals surface area contributed by atoms with Crippen LogP contribution in [0, 0.1) is 0 Å². The predicted molar refractivity (Wildman–Crippen MR) is 101 cm³/mol. The number of hydrogen-bond acceptors (Lipinski definition) is 5. The predicted octanol–water partition coefficient (Wildman–Crippen LogP) is 6.75. The molecule has 0 bridgehead atoms. The number of rotatable bonds is 12. The summed E-state index contributed by atoms with van der Waals surface area (Å²) in [5, 5.41) is 0. The monoisotopic (exact) mass is 584 g/mol. The van der Waals surface area contributed by atoms with Gasteiger partial charge in [-0.15, -0.1) is 0 Å². The number of ether oxygens (including phenoxy) is 4. The zero-order valence-corrected chi connectivity index (χ0v) is 19.2. The molecule has 0 aliphatic rings. The third-order valence-corrected chi connectivity index (χ3v) is 4.66. The molecule has 0 unspecified atom stereocenters. The summed E-state index contributed by atoms with van der Waals surface area (Å²) in [6.45, 7) is 0. The normalized spacial score (nSPS) is 14.0. The number of methoxy groups -OCH3 is 3. The molecule has 0 saturated carbocycles. The highest BCUT2D eigenvalue weighted by atomic mass is 19.4. The zero-order valence-electron chi connectivity index (χ0n) is 19.2. The number of esters is 1. The fourth-order valence-electron chi connectivity index (χ4n) is 2.65. The Labute approximate surface area is 205 Å². The molecule has 1 aromatic rings. The van der Waals surface area contributed by atoms with Crippen LogP contribution in [0.5, 0.6) is 17.2 Å². The molecule has 1 rings (SSSR count). The minimum atomic E-state index is -7.71. The molecule has 0 radical (unpaired) electrons. The Morgan fingerprint density at radius 3 is 1.58 bits per heavy atom. The Balaban J connectivity index is 3.24. The molecule has 0 aromatic heterocycles. The number of carbonyl (C=O) groups excluding carboxylic acids is 1. The molecule has 0 aliphatic heterocycles. The molecule has 5 nitrogen and oxygen atoms in total. The summed E-state index contributed by atoms with van der Waals surface area (Å²) < 4.78 is 191. The van der Waals surface area contributed by atoms with E-state index in [4.69, 9.17) is 14.2 Å². The maximum absolute atomic E-state index is 13.8. The highest BCUT2D eigenvalue weighted by Crippen LogP contribution is 2.58. The van der Waals surface area contributed by atoms with E-state index >= 15 is 0 Å². The van der Waals surface area contributed by atoms with E-state index in [2.05, 4.69) is 4.74 Å². The molecule has 0 spiro atoms. The van der Waals surface area contributed by atoms with Crippen LogP contribution in [-0.2, 0) is 9.53 Å². The van der Waals surface area contributed by atoms with Crippen molar-refractivity contribution in [3.05, 3.63) is 23.8 Å². The zero-order chi connectivity index (χ0) is 30.0. The van der Waals surface area contributed by atoms with E-state index in [1.54, 1.807) is 0 Å². The van der Waals surface area contributed by atoms with Gasteiger partial charge < -0.3 is 18.9 Å². The smallest absolute Gasteiger partial charge is 0.473 e. The second kappa shape index (κ2) is 11.0. The minimum Gasteiger partial charge on any atom is -0.493 e. The second-order valence-electron chi connectivity index (χ2n) is 7.27. The average Bonchev–Trinajstić information content (AvgIpc) is 2.79. The molecule has 0 saturated heterocycles. The van der Waals surface area contributed by atoms with Crippen molar-refractivity contribution in [2.45, 2.75) is 48.8 Å². The third-order valence-electron chi connectivity index (χ3n) is 4.66. The first-order valence-electron chi connectivity index (χ1n) is 9.68. The summed E-state index contributed by atoms with van der Waals surface area (Å²) in [5.74, 6) is -31.9. The topological polar surface area (TPSA) is 54.0 Å². The van der Waals surface area contributed by atoms with Crippen LogP contribution in [0.25, 0.3) is 6.08 Å². The van der Waals surface area contributed by atoms with Crippen molar-refractivity contribution in [2.75, 3.05) is 21.3 Å². The van der Waals surface area contributed by atoms with Gasteiger partial charge in [0.05, 0.1) is 21.3 Å². The lowest BCUT2D eigenvalue weighted by Gasteiger charge is -2.38. The van der Waals surface area contributed by atoms with Crippen molar-refractivity contribution in [2.24, 2.45) is 0 Å². The van der Waals surface area contributed by atoms with E-state index < -0.39 is 54.8 Å². The average molecular weight is 584 g/mol. The molecule has 0 atom stereocenters.